The maximum atomic E-state index is 13.9. The molecule has 37 heavy (non-hydrogen) atoms. The van der Waals surface area contributed by atoms with E-state index in [0.717, 1.165) is 4.57 Å². The highest BCUT2D eigenvalue weighted by atomic mass is 35.5. The topological polar surface area (TPSA) is 86.3 Å². The fraction of sp³-hybridized carbons (Fsp3) is 0.348. The van der Waals surface area contributed by atoms with E-state index in [-0.39, 0.29) is 73.1 Å². The van der Waals surface area contributed by atoms with E-state index in [2.05, 4.69) is 9.97 Å². The van der Waals surface area contributed by atoms with Crippen molar-refractivity contribution in [2.45, 2.75) is 38.1 Å². The Morgan fingerprint density at radius 2 is 1.86 bits per heavy atom. The van der Waals surface area contributed by atoms with Crippen LogP contribution in [-0.2, 0) is 30.5 Å². The van der Waals surface area contributed by atoms with Crippen LogP contribution in [-0.4, -0.2) is 45.0 Å². The molecule has 4 rings (SSSR count). The van der Waals surface area contributed by atoms with Gasteiger partial charge in [0.1, 0.15) is 11.6 Å². The normalized spacial score (nSPS) is 14.1. The minimum atomic E-state index is -4.73. The Hall–Kier alpha value is -3.32. The van der Waals surface area contributed by atoms with Crippen molar-refractivity contribution in [1.29, 1.82) is 0 Å². The van der Waals surface area contributed by atoms with Gasteiger partial charge in [-0.1, -0.05) is 0 Å². The summed E-state index contributed by atoms with van der Waals surface area (Å²) < 4.78 is 87.9. The second kappa shape index (κ2) is 11.0. The van der Waals surface area contributed by atoms with Gasteiger partial charge in [-0.15, -0.1) is 12.4 Å². The standard InChI is InChI=1S/C23H21F6N5O2.ClH/c1-36-19-2-3-31-10-14(19)21-18-11-33(4-5-34(18)22(32-21)23(27,28)29)20(35)8-13(30)6-12-7-16(25)17(26)9-15(12)24;/h2-3,7,9-10,13H,4-6,8,11,30H2,1H3;1H. The number of ether oxygens (including phenoxy) is 1. The number of fused-ring (bicyclic) bond motifs is 1. The number of hydrogen-bond acceptors (Lipinski definition) is 5. The van der Waals surface area contributed by atoms with Gasteiger partial charge in [0.25, 0.3) is 0 Å². The van der Waals surface area contributed by atoms with Gasteiger partial charge in [-0.3, -0.25) is 9.78 Å². The number of carbonyl (C=O) groups is 1. The van der Waals surface area contributed by atoms with Crippen LogP contribution in [0.2, 0.25) is 0 Å². The fourth-order valence-electron chi connectivity index (χ4n) is 4.18. The molecule has 14 heteroatoms. The number of carbonyl (C=O) groups excluding carboxylic acids is 1. The first-order valence-corrected chi connectivity index (χ1v) is 10.8. The monoisotopic (exact) mass is 549 g/mol. The summed E-state index contributed by atoms with van der Waals surface area (Å²) >= 11 is 0. The summed E-state index contributed by atoms with van der Waals surface area (Å²) in [6, 6.07) is 1.63. The van der Waals surface area contributed by atoms with Gasteiger partial charge in [-0.2, -0.15) is 13.2 Å². The average molecular weight is 550 g/mol. The van der Waals surface area contributed by atoms with E-state index in [1.54, 1.807) is 0 Å². The zero-order chi connectivity index (χ0) is 26.2. The second-order valence-electron chi connectivity index (χ2n) is 8.30. The number of hydrogen-bond donors (Lipinski definition) is 1. The van der Waals surface area contributed by atoms with Crippen LogP contribution < -0.4 is 10.5 Å². The van der Waals surface area contributed by atoms with Crippen LogP contribution in [0, 0.1) is 17.5 Å². The molecule has 7 nitrogen and oxygen atoms in total. The third-order valence-electron chi connectivity index (χ3n) is 5.88. The quantitative estimate of drug-likeness (QED) is 0.369. The summed E-state index contributed by atoms with van der Waals surface area (Å²) in [4.78, 5) is 22.0. The lowest BCUT2D eigenvalue weighted by Crippen LogP contribution is -2.42. The molecule has 0 fully saturated rings. The number of alkyl halides is 3. The van der Waals surface area contributed by atoms with Crippen LogP contribution in [0.15, 0.2) is 30.6 Å². The number of rotatable bonds is 6. The minimum Gasteiger partial charge on any atom is -0.496 e. The largest absolute Gasteiger partial charge is 0.496 e. The molecule has 1 aliphatic heterocycles. The zero-order valence-electron chi connectivity index (χ0n) is 19.4. The zero-order valence-corrected chi connectivity index (χ0v) is 20.2. The third kappa shape index (κ3) is 5.82. The second-order valence-corrected chi connectivity index (χ2v) is 8.30. The number of methoxy groups -OCH3 is 1. The number of nitrogens with zero attached hydrogens (tertiary/aromatic N) is 4. The molecule has 1 amide bonds. The molecular formula is C23H22ClF6N5O2. The lowest BCUT2D eigenvalue weighted by atomic mass is 10.0. The van der Waals surface area contributed by atoms with Gasteiger partial charge >= 0.3 is 6.18 Å². The molecule has 3 heterocycles. The van der Waals surface area contributed by atoms with Gasteiger partial charge < -0.3 is 19.9 Å². The third-order valence-corrected chi connectivity index (χ3v) is 5.88. The molecule has 200 valence electrons. The van der Waals surface area contributed by atoms with Gasteiger partial charge in [-0.25, -0.2) is 18.2 Å². The Balaban J connectivity index is 0.00000380. The number of amides is 1. The molecule has 1 aliphatic rings. The molecule has 2 aromatic heterocycles. The van der Waals surface area contributed by atoms with Crippen LogP contribution >= 0.6 is 12.4 Å². The van der Waals surface area contributed by atoms with Crippen molar-refractivity contribution in [3.8, 4) is 17.0 Å². The number of imidazole rings is 1. The van der Waals surface area contributed by atoms with E-state index in [4.69, 9.17) is 10.5 Å². The van der Waals surface area contributed by atoms with Crippen LogP contribution in [0.1, 0.15) is 23.5 Å². The molecule has 0 aliphatic carbocycles. The highest BCUT2D eigenvalue weighted by Crippen LogP contribution is 2.38. The fourth-order valence-corrected chi connectivity index (χ4v) is 4.18. The number of aromatic nitrogens is 3. The highest BCUT2D eigenvalue weighted by Gasteiger charge is 2.41. The maximum absolute atomic E-state index is 13.9. The van der Waals surface area contributed by atoms with Crippen molar-refractivity contribution in [1.82, 2.24) is 19.4 Å². The number of pyridine rings is 1. The molecule has 0 bridgehead atoms. The molecular weight excluding hydrogens is 528 g/mol. The number of nitrogens with two attached hydrogens (primary N) is 1. The van der Waals surface area contributed by atoms with E-state index < -0.39 is 41.4 Å². The molecule has 1 aromatic carbocycles. The van der Waals surface area contributed by atoms with Gasteiger partial charge in [-0.05, 0) is 24.1 Å². The van der Waals surface area contributed by atoms with E-state index in [1.165, 1.54) is 30.5 Å². The van der Waals surface area contributed by atoms with E-state index in [9.17, 15) is 31.1 Å². The molecule has 0 saturated heterocycles. The van der Waals surface area contributed by atoms with Crippen molar-refractivity contribution in [2.75, 3.05) is 13.7 Å². The van der Waals surface area contributed by atoms with E-state index in [1.807, 2.05) is 0 Å². The Morgan fingerprint density at radius 3 is 2.54 bits per heavy atom. The van der Waals surface area contributed by atoms with Crippen molar-refractivity contribution >= 4 is 18.3 Å². The van der Waals surface area contributed by atoms with Gasteiger partial charge in [0.2, 0.25) is 11.7 Å². The molecule has 0 radical (unpaired) electrons. The van der Waals surface area contributed by atoms with E-state index in [0.29, 0.717) is 12.1 Å². The summed E-state index contributed by atoms with van der Waals surface area (Å²) in [6.07, 6.45) is -2.51. The van der Waals surface area contributed by atoms with Crippen molar-refractivity contribution in [2.24, 2.45) is 5.73 Å². The minimum absolute atomic E-state index is 0. The first kappa shape index (κ1) is 28.3. The smallest absolute Gasteiger partial charge is 0.449 e. The molecule has 2 N–H and O–H groups in total. The van der Waals surface area contributed by atoms with Crippen LogP contribution in [0.3, 0.4) is 0 Å². The lowest BCUT2D eigenvalue weighted by molar-refractivity contribution is -0.148. The molecule has 0 spiro atoms. The summed E-state index contributed by atoms with van der Waals surface area (Å²) in [6.45, 7) is -0.402. The highest BCUT2D eigenvalue weighted by molar-refractivity contribution is 5.85. The first-order chi connectivity index (χ1) is 17.0. The maximum Gasteiger partial charge on any atom is 0.449 e. The molecule has 3 aromatic rings. The average Bonchev–Trinajstić information content (AvgIpc) is 3.21. The number of halogens is 7. The Bertz CT molecular complexity index is 1300. The van der Waals surface area contributed by atoms with Gasteiger partial charge in [0.15, 0.2) is 11.6 Å². The van der Waals surface area contributed by atoms with Crippen LogP contribution in [0.5, 0.6) is 5.75 Å². The summed E-state index contributed by atoms with van der Waals surface area (Å²) in [7, 11) is 1.36. The summed E-state index contributed by atoms with van der Waals surface area (Å²) in [5.41, 5.74) is 6.14. The predicted octanol–water partition coefficient (Wildman–Crippen LogP) is 4.11. The molecule has 1 unspecified atom stereocenters. The Morgan fingerprint density at radius 1 is 1.16 bits per heavy atom. The molecule has 1 atom stereocenters. The Kier molecular flexibility index (Phi) is 8.38. The lowest BCUT2D eigenvalue weighted by Gasteiger charge is -2.30. The first-order valence-electron chi connectivity index (χ1n) is 10.8. The summed E-state index contributed by atoms with van der Waals surface area (Å²) in [5.74, 6) is -4.91. The molecule has 0 saturated carbocycles. The van der Waals surface area contributed by atoms with Gasteiger partial charge in [0, 0.05) is 44.0 Å². The van der Waals surface area contributed by atoms with Crippen LogP contribution in [0.25, 0.3) is 11.3 Å². The number of benzene rings is 1. The van der Waals surface area contributed by atoms with Crippen molar-refractivity contribution in [3.05, 3.63) is 65.1 Å². The van der Waals surface area contributed by atoms with Gasteiger partial charge in [0.05, 0.1) is 30.6 Å². The van der Waals surface area contributed by atoms with E-state index >= 15 is 0 Å². The predicted molar refractivity (Wildman–Crippen MR) is 122 cm³/mol. The summed E-state index contributed by atoms with van der Waals surface area (Å²) in [5, 5.41) is 0. The van der Waals surface area contributed by atoms with Crippen LogP contribution in [0.4, 0.5) is 26.3 Å². The SMILES string of the molecule is COc1ccncc1-c1nc(C(F)(F)F)n2c1CN(C(=O)CC(N)Cc1cc(F)c(F)cc1F)CC2.Cl. The Labute approximate surface area is 213 Å². The van der Waals surface area contributed by atoms with Crippen molar-refractivity contribution < 1.29 is 35.9 Å². The van der Waals surface area contributed by atoms with Crippen molar-refractivity contribution in [3.63, 3.8) is 0 Å².